The maximum absolute atomic E-state index is 11.9. The Hall–Kier alpha value is -2.21. The standard InChI is InChI=1S/C16H20ClN3O3/c1-10(2)8-18-16(21)14-6-11(19-20-14)9-23-15-5-4-12(22-3)7-13(15)17/h4-7,10H,8-9H2,1-3H3,(H,18,21)(H,19,20). The highest BCUT2D eigenvalue weighted by molar-refractivity contribution is 6.32. The fourth-order valence-corrected chi connectivity index (χ4v) is 2.05. The number of ether oxygens (including phenoxy) is 2. The van der Waals surface area contributed by atoms with Gasteiger partial charge in [-0.15, -0.1) is 0 Å². The van der Waals surface area contributed by atoms with Crippen molar-refractivity contribution in [1.82, 2.24) is 15.5 Å². The molecule has 0 atom stereocenters. The van der Waals surface area contributed by atoms with Crippen LogP contribution in [0.25, 0.3) is 0 Å². The molecular weight excluding hydrogens is 318 g/mol. The molecule has 7 heteroatoms. The number of aromatic nitrogens is 2. The predicted octanol–water partition coefficient (Wildman–Crippen LogP) is 3.04. The van der Waals surface area contributed by atoms with Gasteiger partial charge in [-0.25, -0.2) is 0 Å². The SMILES string of the molecule is COc1ccc(OCc2cc(C(=O)NCC(C)C)n[nH]2)c(Cl)c1. The van der Waals surface area contributed by atoms with E-state index in [0.717, 1.165) is 0 Å². The van der Waals surface area contributed by atoms with Gasteiger partial charge in [0.2, 0.25) is 0 Å². The molecule has 0 radical (unpaired) electrons. The summed E-state index contributed by atoms with van der Waals surface area (Å²) in [5.41, 5.74) is 1.02. The van der Waals surface area contributed by atoms with E-state index in [1.54, 1.807) is 31.4 Å². The molecule has 6 nitrogen and oxygen atoms in total. The van der Waals surface area contributed by atoms with Crippen molar-refractivity contribution >= 4 is 17.5 Å². The van der Waals surface area contributed by atoms with Gasteiger partial charge in [-0.05, 0) is 24.1 Å². The van der Waals surface area contributed by atoms with Crippen LogP contribution in [0.15, 0.2) is 24.3 Å². The Morgan fingerprint density at radius 2 is 2.17 bits per heavy atom. The van der Waals surface area contributed by atoms with Crippen molar-refractivity contribution in [3.05, 3.63) is 40.7 Å². The number of nitrogens with one attached hydrogen (secondary N) is 2. The second-order valence-corrected chi connectivity index (χ2v) is 5.87. The zero-order valence-corrected chi connectivity index (χ0v) is 14.1. The van der Waals surface area contributed by atoms with E-state index in [-0.39, 0.29) is 12.5 Å². The molecule has 1 amide bonds. The Labute approximate surface area is 140 Å². The van der Waals surface area contributed by atoms with Crippen molar-refractivity contribution in [3.8, 4) is 11.5 Å². The van der Waals surface area contributed by atoms with Gasteiger partial charge in [0.15, 0.2) is 0 Å². The summed E-state index contributed by atoms with van der Waals surface area (Å²) in [4.78, 5) is 11.9. The molecule has 0 unspecified atom stereocenters. The first kappa shape index (κ1) is 17.1. The fourth-order valence-electron chi connectivity index (χ4n) is 1.82. The number of methoxy groups -OCH3 is 1. The highest BCUT2D eigenvalue weighted by Gasteiger charge is 2.11. The number of hydrogen-bond donors (Lipinski definition) is 2. The van der Waals surface area contributed by atoms with Gasteiger partial charge >= 0.3 is 0 Å². The molecule has 2 aromatic rings. The zero-order chi connectivity index (χ0) is 16.8. The third kappa shape index (κ3) is 4.89. The molecule has 0 fully saturated rings. The highest BCUT2D eigenvalue weighted by Crippen LogP contribution is 2.29. The van der Waals surface area contributed by atoms with E-state index in [0.29, 0.717) is 40.4 Å². The number of halogens is 1. The van der Waals surface area contributed by atoms with Crippen LogP contribution in [0, 0.1) is 5.92 Å². The number of nitrogens with zero attached hydrogens (tertiary/aromatic N) is 1. The molecular formula is C16H20ClN3O3. The van der Waals surface area contributed by atoms with Gasteiger partial charge in [-0.2, -0.15) is 5.10 Å². The number of hydrogen-bond acceptors (Lipinski definition) is 4. The van der Waals surface area contributed by atoms with Crippen LogP contribution in [-0.2, 0) is 6.61 Å². The van der Waals surface area contributed by atoms with Crippen molar-refractivity contribution in [2.24, 2.45) is 5.92 Å². The van der Waals surface area contributed by atoms with Gasteiger partial charge < -0.3 is 14.8 Å². The fraction of sp³-hybridized carbons (Fsp3) is 0.375. The van der Waals surface area contributed by atoms with Gasteiger partial charge in [-0.3, -0.25) is 9.89 Å². The summed E-state index contributed by atoms with van der Waals surface area (Å²) in [5, 5.41) is 10.0. The summed E-state index contributed by atoms with van der Waals surface area (Å²) < 4.78 is 10.7. The normalized spacial score (nSPS) is 10.7. The van der Waals surface area contributed by atoms with E-state index in [4.69, 9.17) is 21.1 Å². The molecule has 0 aliphatic carbocycles. The minimum Gasteiger partial charge on any atom is -0.497 e. The number of aromatic amines is 1. The summed E-state index contributed by atoms with van der Waals surface area (Å²) in [6.07, 6.45) is 0. The summed E-state index contributed by atoms with van der Waals surface area (Å²) in [6.45, 7) is 4.90. The average Bonchev–Trinajstić information content (AvgIpc) is 3.00. The maximum Gasteiger partial charge on any atom is 0.271 e. The molecule has 2 N–H and O–H groups in total. The quantitative estimate of drug-likeness (QED) is 0.814. The number of carbonyl (C=O) groups excluding carboxylic acids is 1. The lowest BCUT2D eigenvalue weighted by Gasteiger charge is -2.08. The van der Waals surface area contributed by atoms with Crippen LogP contribution in [-0.4, -0.2) is 29.8 Å². The Morgan fingerprint density at radius 3 is 2.83 bits per heavy atom. The predicted molar refractivity (Wildman–Crippen MR) is 88.1 cm³/mol. The van der Waals surface area contributed by atoms with Crippen LogP contribution in [0.4, 0.5) is 0 Å². The van der Waals surface area contributed by atoms with Crippen LogP contribution in [0.2, 0.25) is 5.02 Å². The molecule has 0 saturated heterocycles. The van der Waals surface area contributed by atoms with Crippen molar-refractivity contribution in [2.75, 3.05) is 13.7 Å². The Kier molecular flexibility index (Phi) is 5.87. The topological polar surface area (TPSA) is 76.2 Å². The molecule has 1 aromatic heterocycles. The molecule has 0 aliphatic rings. The summed E-state index contributed by atoms with van der Waals surface area (Å²) in [5.74, 6) is 1.38. The van der Waals surface area contributed by atoms with E-state index >= 15 is 0 Å². The Balaban J connectivity index is 1.93. The molecule has 1 heterocycles. The summed E-state index contributed by atoms with van der Waals surface area (Å²) >= 11 is 6.11. The van der Waals surface area contributed by atoms with Crippen molar-refractivity contribution in [3.63, 3.8) is 0 Å². The van der Waals surface area contributed by atoms with E-state index < -0.39 is 0 Å². The lowest BCUT2D eigenvalue weighted by Crippen LogP contribution is -2.27. The summed E-state index contributed by atoms with van der Waals surface area (Å²) in [6, 6.07) is 6.83. The monoisotopic (exact) mass is 337 g/mol. The number of benzene rings is 1. The molecule has 1 aromatic carbocycles. The van der Waals surface area contributed by atoms with Crippen LogP contribution in [0.1, 0.15) is 30.0 Å². The van der Waals surface area contributed by atoms with Gasteiger partial charge in [-0.1, -0.05) is 25.4 Å². The number of amides is 1. The molecule has 0 spiro atoms. The van der Waals surface area contributed by atoms with Crippen molar-refractivity contribution in [2.45, 2.75) is 20.5 Å². The highest BCUT2D eigenvalue weighted by atomic mass is 35.5. The Bertz CT molecular complexity index is 670. The van der Waals surface area contributed by atoms with Crippen molar-refractivity contribution in [1.29, 1.82) is 0 Å². The van der Waals surface area contributed by atoms with Gasteiger partial charge in [0.25, 0.3) is 5.91 Å². The second kappa shape index (κ2) is 7.87. The van der Waals surface area contributed by atoms with Crippen LogP contribution in [0.3, 0.4) is 0 Å². The molecule has 23 heavy (non-hydrogen) atoms. The third-order valence-corrected chi connectivity index (χ3v) is 3.35. The van der Waals surface area contributed by atoms with Crippen LogP contribution < -0.4 is 14.8 Å². The van der Waals surface area contributed by atoms with Gasteiger partial charge in [0, 0.05) is 12.6 Å². The van der Waals surface area contributed by atoms with Crippen molar-refractivity contribution < 1.29 is 14.3 Å². The lowest BCUT2D eigenvalue weighted by molar-refractivity contribution is 0.0944. The molecule has 124 valence electrons. The Morgan fingerprint density at radius 1 is 1.39 bits per heavy atom. The number of carbonyl (C=O) groups is 1. The molecule has 0 bridgehead atoms. The maximum atomic E-state index is 11.9. The third-order valence-electron chi connectivity index (χ3n) is 3.06. The first-order valence-electron chi connectivity index (χ1n) is 7.28. The van der Waals surface area contributed by atoms with E-state index in [1.807, 2.05) is 13.8 Å². The summed E-state index contributed by atoms with van der Waals surface area (Å²) in [7, 11) is 1.57. The van der Waals surface area contributed by atoms with Gasteiger partial charge in [0.05, 0.1) is 17.8 Å². The first-order chi connectivity index (χ1) is 11.0. The largest absolute Gasteiger partial charge is 0.497 e. The van der Waals surface area contributed by atoms with Crippen LogP contribution >= 0.6 is 11.6 Å². The van der Waals surface area contributed by atoms with Crippen LogP contribution in [0.5, 0.6) is 11.5 Å². The molecule has 0 saturated carbocycles. The minimum atomic E-state index is -0.205. The van der Waals surface area contributed by atoms with Gasteiger partial charge in [0.1, 0.15) is 23.8 Å². The average molecular weight is 338 g/mol. The van der Waals surface area contributed by atoms with E-state index in [1.165, 1.54) is 0 Å². The van der Waals surface area contributed by atoms with E-state index in [2.05, 4.69) is 15.5 Å². The number of rotatable bonds is 7. The smallest absolute Gasteiger partial charge is 0.271 e. The second-order valence-electron chi connectivity index (χ2n) is 5.47. The zero-order valence-electron chi connectivity index (χ0n) is 13.4. The lowest BCUT2D eigenvalue weighted by atomic mass is 10.2. The molecule has 2 rings (SSSR count). The minimum absolute atomic E-state index is 0.205. The number of H-pyrrole nitrogens is 1. The first-order valence-corrected chi connectivity index (χ1v) is 7.66. The molecule has 0 aliphatic heterocycles. The van der Waals surface area contributed by atoms with E-state index in [9.17, 15) is 4.79 Å².